The van der Waals surface area contributed by atoms with Crippen LogP contribution in [0, 0.1) is 12.7 Å². The molecule has 1 atom stereocenters. The van der Waals surface area contributed by atoms with Crippen molar-refractivity contribution < 1.29 is 18.3 Å². The lowest BCUT2D eigenvalue weighted by Crippen LogP contribution is -2.31. The first kappa shape index (κ1) is 20.3. The quantitative estimate of drug-likeness (QED) is 0.558. The van der Waals surface area contributed by atoms with Gasteiger partial charge in [0.15, 0.2) is 5.43 Å². The van der Waals surface area contributed by atoms with Crippen LogP contribution in [0.5, 0.6) is 0 Å². The van der Waals surface area contributed by atoms with Crippen molar-refractivity contribution in [2.24, 2.45) is 0 Å². The lowest BCUT2D eigenvalue weighted by atomic mass is 9.97. The molecule has 6 heteroatoms. The van der Waals surface area contributed by atoms with Gasteiger partial charge in [-0.05, 0) is 51.0 Å². The molecular formula is C24H24FNO4. The summed E-state index contributed by atoms with van der Waals surface area (Å²) < 4.78 is 25.2. The molecule has 4 rings (SSSR count). The monoisotopic (exact) mass is 409 g/mol. The Balaban J connectivity index is 1.81. The molecule has 2 heterocycles. The molecule has 30 heavy (non-hydrogen) atoms. The van der Waals surface area contributed by atoms with Crippen LogP contribution >= 0.6 is 0 Å². The van der Waals surface area contributed by atoms with Gasteiger partial charge in [0, 0.05) is 13.2 Å². The molecule has 1 aromatic heterocycles. The molecule has 0 spiro atoms. The number of carbonyl (C=O) groups excluding carboxylic acids is 1. The van der Waals surface area contributed by atoms with E-state index in [1.807, 2.05) is 45.0 Å². The first-order chi connectivity index (χ1) is 14.4. The van der Waals surface area contributed by atoms with E-state index in [4.69, 9.17) is 9.15 Å². The summed E-state index contributed by atoms with van der Waals surface area (Å²) in [6.07, 6.45) is 0.732. The van der Waals surface area contributed by atoms with Crippen LogP contribution in [0.1, 0.15) is 53.6 Å². The van der Waals surface area contributed by atoms with E-state index in [1.54, 1.807) is 4.90 Å². The third-order valence-corrected chi connectivity index (χ3v) is 5.32. The highest BCUT2D eigenvalue weighted by molar-refractivity contribution is 5.99. The van der Waals surface area contributed by atoms with Crippen molar-refractivity contribution in [2.45, 2.75) is 39.3 Å². The number of aryl methyl sites for hydroxylation is 1. The molecule has 1 aliphatic rings. The first-order valence-corrected chi connectivity index (χ1v) is 10.1. The maximum atomic E-state index is 13.8. The SMILES string of the molecule is Cc1ccc(C2c3c(oc4ccc(F)cc4c3=O)C(=O)N2CCCOC(C)C)cc1. The van der Waals surface area contributed by atoms with Gasteiger partial charge in [0.2, 0.25) is 5.76 Å². The van der Waals surface area contributed by atoms with Crippen molar-refractivity contribution in [3.8, 4) is 0 Å². The molecule has 0 saturated carbocycles. The Morgan fingerprint density at radius 1 is 1.13 bits per heavy atom. The minimum absolute atomic E-state index is 0.0365. The molecule has 0 fully saturated rings. The summed E-state index contributed by atoms with van der Waals surface area (Å²) >= 11 is 0. The summed E-state index contributed by atoms with van der Waals surface area (Å²) in [7, 11) is 0. The zero-order chi connectivity index (χ0) is 21.4. The van der Waals surface area contributed by atoms with E-state index < -0.39 is 11.9 Å². The van der Waals surface area contributed by atoms with Gasteiger partial charge in [0.05, 0.1) is 23.1 Å². The van der Waals surface area contributed by atoms with E-state index in [0.717, 1.165) is 17.2 Å². The third-order valence-electron chi connectivity index (χ3n) is 5.32. The van der Waals surface area contributed by atoms with E-state index in [1.165, 1.54) is 12.1 Å². The van der Waals surface area contributed by atoms with Gasteiger partial charge < -0.3 is 14.1 Å². The Labute approximate surface area is 174 Å². The highest BCUT2D eigenvalue weighted by Gasteiger charge is 2.42. The summed E-state index contributed by atoms with van der Waals surface area (Å²) in [5.41, 5.74) is 2.01. The minimum atomic E-state index is -0.573. The van der Waals surface area contributed by atoms with Crippen molar-refractivity contribution in [2.75, 3.05) is 13.2 Å². The zero-order valence-corrected chi connectivity index (χ0v) is 17.3. The van der Waals surface area contributed by atoms with Crippen LogP contribution in [0.4, 0.5) is 4.39 Å². The molecule has 2 aromatic carbocycles. The fourth-order valence-corrected chi connectivity index (χ4v) is 3.87. The van der Waals surface area contributed by atoms with E-state index in [-0.39, 0.29) is 39.7 Å². The van der Waals surface area contributed by atoms with Gasteiger partial charge in [0.25, 0.3) is 5.91 Å². The number of nitrogens with zero attached hydrogens (tertiary/aromatic N) is 1. The van der Waals surface area contributed by atoms with E-state index in [2.05, 4.69) is 0 Å². The molecule has 1 unspecified atom stereocenters. The summed E-state index contributed by atoms with van der Waals surface area (Å²) in [6.45, 7) is 6.81. The van der Waals surface area contributed by atoms with Gasteiger partial charge in [-0.3, -0.25) is 9.59 Å². The van der Waals surface area contributed by atoms with E-state index in [9.17, 15) is 14.0 Å². The molecular weight excluding hydrogens is 385 g/mol. The summed E-state index contributed by atoms with van der Waals surface area (Å²) in [4.78, 5) is 28.2. The molecule has 0 radical (unpaired) electrons. The average molecular weight is 409 g/mol. The van der Waals surface area contributed by atoms with Gasteiger partial charge >= 0.3 is 0 Å². The lowest BCUT2D eigenvalue weighted by Gasteiger charge is -2.25. The number of hydrogen-bond acceptors (Lipinski definition) is 4. The standard InChI is InChI=1S/C24H24FNO4/c1-14(2)29-12-4-11-26-21(16-7-5-15(3)6-8-16)20-22(27)18-13-17(25)9-10-19(18)30-23(20)24(26)28/h5-10,13-14,21H,4,11-12H2,1-3H3. The number of carbonyl (C=O) groups is 1. The van der Waals surface area contributed by atoms with Crippen LogP contribution in [-0.4, -0.2) is 30.1 Å². The molecule has 0 N–H and O–H groups in total. The summed E-state index contributed by atoms with van der Waals surface area (Å²) in [6, 6.07) is 10.9. The second kappa shape index (κ2) is 8.03. The normalized spacial score (nSPS) is 16.0. The third kappa shape index (κ3) is 3.63. The Morgan fingerprint density at radius 3 is 2.57 bits per heavy atom. The fourth-order valence-electron chi connectivity index (χ4n) is 3.87. The Hall–Kier alpha value is -2.99. The van der Waals surface area contributed by atoms with Gasteiger partial charge in [-0.25, -0.2) is 4.39 Å². The summed E-state index contributed by atoms with van der Waals surface area (Å²) in [5, 5.41) is 0.142. The van der Waals surface area contributed by atoms with Gasteiger partial charge in [-0.2, -0.15) is 0 Å². The number of halogens is 1. The maximum absolute atomic E-state index is 13.8. The number of fused-ring (bicyclic) bond motifs is 2. The van der Waals surface area contributed by atoms with Gasteiger partial charge in [-0.15, -0.1) is 0 Å². The predicted molar refractivity (Wildman–Crippen MR) is 112 cm³/mol. The number of benzene rings is 2. The fraction of sp³-hybridized carbons (Fsp3) is 0.333. The number of ether oxygens (including phenoxy) is 1. The maximum Gasteiger partial charge on any atom is 0.290 e. The second-order valence-corrected chi connectivity index (χ2v) is 7.90. The Kier molecular flexibility index (Phi) is 5.43. The Bertz CT molecular complexity index is 1150. The number of amides is 1. The number of rotatable bonds is 6. The van der Waals surface area contributed by atoms with Crippen LogP contribution in [0.25, 0.3) is 11.0 Å². The van der Waals surface area contributed by atoms with Gasteiger partial charge in [0.1, 0.15) is 11.4 Å². The smallest absolute Gasteiger partial charge is 0.290 e. The molecule has 156 valence electrons. The van der Waals surface area contributed by atoms with Crippen molar-refractivity contribution in [3.05, 3.63) is 81.0 Å². The van der Waals surface area contributed by atoms with Crippen LogP contribution in [0.3, 0.4) is 0 Å². The molecule has 1 amide bonds. The first-order valence-electron chi connectivity index (χ1n) is 10.1. The van der Waals surface area contributed by atoms with Crippen LogP contribution < -0.4 is 5.43 Å². The zero-order valence-electron chi connectivity index (χ0n) is 17.3. The lowest BCUT2D eigenvalue weighted by molar-refractivity contribution is 0.0593. The second-order valence-electron chi connectivity index (χ2n) is 7.90. The van der Waals surface area contributed by atoms with Crippen LogP contribution in [0.2, 0.25) is 0 Å². The van der Waals surface area contributed by atoms with E-state index >= 15 is 0 Å². The molecule has 3 aromatic rings. The van der Waals surface area contributed by atoms with Gasteiger partial charge in [-0.1, -0.05) is 29.8 Å². The molecule has 0 saturated heterocycles. The van der Waals surface area contributed by atoms with E-state index in [0.29, 0.717) is 19.6 Å². The van der Waals surface area contributed by atoms with Crippen molar-refractivity contribution >= 4 is 16.9 Å². The van der Waals surface area contributed by atoms with Crippen molar-refractivity contribution in [1.82, 2.24) is 4.90 Å². The highest BCUT2D eigenvalue weighted by atomic mass is 19.1. The average Bonchev–Trinajstić information content (AvgIpc) is 2.99. The molecule has 1 aliphatic heterocycles. The molecule has 5 nitrogen and oxygen atoms in total. The van der Waals surface area contributed by atoms with Crippen LogP contribution in [0.15, 0.2) is 51.7 Å². The van der Waals surface area contributed by atoms with Crippen molar-refractivity contribution in [3.63, 3.8) is 0 Å². The highest BCUT2D eigenvalue weighted by Crippen LogP contribution is 2.38. The number of hydrogen-bond donors (Lipinski definition) is 0. The molecule has 0 aliphatic carbocycles. The topological polar surface area (TPSA) is 59.8 Å². The Morgan fingerprint density at radius 2 is 1.87 bits per heavy atom. The molecule has 0 bridgehead atoms. The van der Waals surface area contributed by atoms with Crippen LogP contribution in [-0.2, 0) is 4.74 Å². The van der Waals surface area contributed by atoms with Crippen molar-refractivity contribution in [1.29, 1.82) is 0 Å². The summed E-state index contributed by atoms with van der Waals surface area (Å²) in [5.74, 6) is -0.813. The predicted octanol–water partition coefficient (Wildman–Crippen LogP) is 4.60. The minimum Gasteiger partial charge on any atom is -0.450 e. The largest absolute Gasteiger partial charge is 0.450 e.